The lowest BCUT2D eigenvalue weighted by molar-refractivity contribution is 0.0464. The van der Waals surface area contributed by atoms with Gasteiger partial charge in [-0.1, -0.05) is 41.6 Å². The maximum Gasteiger partial charge on any atom is 0.338 e. The number of ether oxygens (including phenoxy) is 1. The van der Waals surface area contributed by atoms with Crippen LogP contribution in [-0.2, 0) is 21.4 Å². The van der Waals surface area contributed by atoms with Gasteiger partial charge in [-0.15, -0.1) is 0 Å². The molecule has 9 heteroatoms. The number of nitrogens with one attached hydrogen (secondary N) is 1. The van der Waals surface area contributed by atoms with Crippen molar-refractivity contribution in [2.75, 3.05) is 0 Å². The maximum absolute atomic E-state index is 12.8. The number of sulfonamides is 1. The van der Waals surface area contributed by atoms with E-state index in [1.807, 2.05) is 30.3 Å². The van der Waals surface area contributed by atoms with Crippen LogP contribution in [0.4, 0.5) is 0 Å². The number of aromatic nitrogens is 1. The molecule has 0 spiro atoms. The maximum atomic E-state index is 12.8. The second-order valence-electron chi connectivity index (χ2n) is 7.02. The Labute approximate surface area is 184 Å². The van der Waals surface area contributed by atoms with Crippen molar-refractivity contribution in [2.45, 2.75) is 24.5 Å². The molecule has 164 valence electrons. The molecule has 0 fully saturated rings. The number of furan rings is 1. The van der Waals surface area contributed by atoms with E-state index < -0.39 is 22.0 Å². The van der Waals surface area contributed by atoms with E-state index in [2.05, 4.69) is 9.88 Å². The van der Waals surface area contributed by atoms with E-state index in [1.165, 1.54) is 30.5 Å². The fourth-order valence-corrected chi connectivity index (χ4v) is 4.32. The van der Waals surface area contributed by atoms with Crippen LogP contribution in [0.15, 0.2) is 92.9 Å². The smallest absolute Gasteiger partial charge is 0.338 e. The molecule has 2 aromatic heterocycles. The lowest BCUT2D eigenvalue weighted by Gasteiger charge is -2.15. The number of rotatable bonds is 8. The van der Waals surface area contributed by atoms with Crippen molar-refractivity contribution < 1.29 is 26.9 Å². The summed E-state index contributed by atoms with van der Waals surface area (Å²) in [7, 11) is -3.85. The summed E-state index contributed by atoms with van der Waals surface area (Å²) in [5, 5.41) is 3.84. The standard InChI is InChI=1S/C23H20N2O6S/c1-16(17-7-3-2-4-8-17)25-32(27,28)20-10-5-9-18(13-20)23(26)30-15-19-14-22(31-24-19)21-11-6-12-29-21/h2-14,16,25H,15H2,1H3. The van der Waals surface area contributed by atoms with Gasteiger partial charge in [0.15, 0.2) is 5.76 Å². The number of nitrogens with zero attached hydrogens (tertiary/aromatic N) is 1. The first-order chi connectivity index (χ1) is 15.4. The van der Waals surface area contributed by atoms with Gasteiger partial charge in [-0.25, -0.2) is 17.9 Å². The normalized spacial score (nSPS) is 12.4. The molecular weight excluding hydrogens is 432 g/mol. The molecule has 0 aliphatic rings. The van der Waals surface area contributed by atoms with Gasteiger partial charge in [-0.2, -0.15) is 0 Å². The second kappa shape index (κ2) is 9.21. The number of hydrogen-bond acceptors (Lipinski definition) is 7. The summed E-state index contributed by atoms with van der Waals surface area (Å²) in [4.78, 5) is 12.4. The highest BCUT2D eigenvalue weighted by atomic mass is 32.2. The van der Waals surface area contributed by atoms with Crippen LogP contribution in [0.25, 0.3) is 11.5 Å². The van der Waals surface area contributed by atoms with E-state index in [4.69, 9.17) is 13.7 Å². The SMILES string of the molecule is CC(NS(=O)(=O)c1cccc(C(=O)OCc2cc(-c3ccco3)on2)c1)c1ccccc1. The highest BCUT2D eigenvalue weighted by Crippen LogP contribution is 2.21. The first-order valence-electron chi connectivity index (χ1n) is 9.76. The molecule has 0 saturated heterocycles. The van der Waals surface area contributed by atoms with Crippen LogP contribution in [0.5, 0.6) is 0 Å². The summed E-state index contributed by atoms with van der Waals surface area (Å²) < 4.78 is 43.8. The fourth-order valence-electron chi connectivity index (χ4n) is 3.04. The van der Waals surface area contributed by atoms with Gasteiger partial charge in [-0.05, 0) is 42.8 Å². The molecule has 2 heterocycles. The summed E-state index contributed by atoms with van der Waals surface area (Å²) in [6, 6.07) is 19.5. The fraction of sp³-hybridized carbons (Fsp3) is 0.130. The van der Waals surface area contributed by atoms with E-state index in [1.54, 1.807) is 25.1 Å². The van der Waals surface area contributed by atoms with E-state index in [9.17, 15) is 13.2 Å². The van der Waals surface area contributed by atoms with Crippen LogP contribution in [-0.4, -0.2) is 19.5 Å². The second-order valence-corrected chi connectivity index (χ2v) is 8.73. The van der Waals surface area contributed by atoms with E-state index in [0.717, 1.165) is 5.56 Å². The molecule has 4 aromatic rings. The van der Waals surface area contributed by atoms with Gasteiger partial charge in [0.2, 0.25) is 15.8 Å². The van der Waals surface area contributed by atoms with Crippen molar-refractivity contribution in [1.82, 2.24) is 9.88 Å². The van der Waals surface area contributed by atoms with Gasteiger partial charge in [-0.3, -0.25) is 0 Å². The Morgan fingerprint density at radius 2 is 1.84 bits per heavy atom. The third kappa shape index (κ3) is 4.96. The number of hydrogen-bond donors (Lipinski definition) is 1. The minimum atomic E-state index is -3.85. The molecule has 32 heavy (non-hydrogen) atoms. The quantitative estimate of drug-likeness (QED) is 0.396. The van der Waals surface area contributed by atoms with Crippen molar-refractivity contribution in [1.29, 1.82) is 0 Å². The Balaban J connectivity index is 1.42. The van der Waals surface area contributed by atoms with E-state index >= 15 is 0 Å². The predicted octanol–water partition coefficient (Wildman–Crippen LogP) is 4.33. The van der Waals surface area contributed by atoms with Gasteiger partial charge < -0.3 is 13.7 Å². The molecule has 0 bridgehead atoms. The van der Waals surface area contributed by atoms with Crippen LogP contribution >= 0.6 is 0 Å². The van der Waals surface area contributed by atoms with Crippen LogP contribution in [0.2, 0.25) is 0 Å². The van der Waals surface area contributed by atoms with Crippen molar-refractivity contribution in [3.05, 3.63) is 95.9 Å². The minimum Gasteiger partial charge on any atom is -0.461 e. The van der Waals surface area contributed by atoms with Gasteiger partial charge in [0, 0.05) is 12.1 Å². The zero-order valence-electron chi connectivity index (χ0n) is 17.1. The summed E-state index contributed by atoms with van der Waals surface area (Å²) in [6.45, 7) is 1.61. The lowest BCUT2D eigenvalue weighted by atomic mass is 10.1. The molecule has 1 N–H and O–H groups in total. The largest absolute Gasteiger partial charge is 0.461 e. The summed E-state index contributed by atoms with van der Waals surface area (Å²) in [5.74, 6) is 0.235. The number of carbonyl (C=O) groups excluding carboxylic acids is 1. The molecule has 8 nitrogen and oxygen atoms in total. The van der Waals surface area contributed by atoms with Crippen molar-refractivity contribution >= 4 is 16.0 Å². The van der Waals surface area contributed by atoms with Gasteiger partial charge in [0.1, 0.15) is 12.3 Å². The Bertz CT molecular complexity index is 1300. The zero-order valence-corrected chi connectivity index (χ0v) is 17.9. The molecule has 0 saturated carbocycles. The third-order valence-electron chi connectivity index (χ3n) is 4.69. The molecule has 1 unspecified atom stereocenters. The Morgan fingerprint density at radius 3 is 2.59 bits per heavy atom. The molecule has 0 aliphatic carbocycles. The summed E-state index contributed by atoms with van der Waals surface area (Å²) in [6.07, 6.45) is 1.51. The predicted molar refractivity (Wildman–Crippen MR) is 115 cm³/mol. The van der Waals surface area contributed by atoms with E-state index in [0.29, 0.717) is 17.2 Å². The first kappa shape index (κ1) is 21.5. The molecule has 0 radical (unpaired) electrons. The first-order valence-corrected chi connectivity index (χ1v) is 11.2. The van der Waals surface area contributed by atoms with Crippen LogP contribution < -0.4 is 4.72 Å². The van der Waals surface area contributed by atoms with Crippen molar-refractivity contribution in [3.63, 3.8) is 0 Å². The number of benzene rings is 2. The molecule has 1 atom stereocenters. The van der Waals surface area contributed by atoms with Crippen LogP contribution in [0, 0.1) is 0 Å². The lowest BCUT2D eigenvalue weighted by Crippen LogP contribution is -2.27. The van der Waals surface area contributed by atoms with Gasteiger partial charge >= 0.3 is 5.97 Å². The third-order valence-corrected chi connectivity index (χ3v) is 6.22. The Morgan fingerprint density at radius 1 is 1.03 bits per heavy atom. The monoisotopic (exact) mass is 452 g/mol. The minimum absolute atomic E-state index is 0.0312. The topological polar surface area (TPSA) is 112 Å². The highest BCUT2D eigenvalue weighted by molar-refractivity contribution is 7.89. The van der Waals surface area contributed by atoms with E-state index in [-0.39, 0.29) is 17.1 Å². The van der Waals surface area contributed by atoms with Crippen molar-refractivity contribution in [3.8, 4) is 11.5 Å². The molecule has 0 amide bonds. The number of carbonyl (C=O) groups is 1. The van der Waals surface area contributed by atoms with Crippen LogP contribution in [0.1, 0.15) is 34.6 Å². The van der Waals surface area contributed by atoms with Gasteiger partial charge in [0.05, 0.1) is 16.7 Å². The molecular formula is C23H20N2O6S. The summed E-state index contributed by atoms with van der Waals surface area (Å²) >= 11 is 0. The molecule has 4 rings (SSSR count). The van der Waals surface area contributed by atoms with Gasteiger partial charge in [0.25, 0.3) is 0 Å². The molecule has 2 aromatic carbocycles. The molecule has 0 aliphatic heterocycles. The van der Waals surface area contributed by atoms with Crippen LogP contribution in [0.3, 0.4) is 0 Å². The average molecular weight is 452 g/mol. The number of esters is 1. The highest BCUT2D eigenvalue weighted by Gasteiger charge is 2.20. The Hall–Kier alpha value is -3.69. The zero-order chi connectivity index (χ0) is 22.6. The average Bonchev–Trinajstić information content (AvgIpc) is 3.50. The Kier molecular flexibility index (Phi) is 6.20. The van der Waals surface area contributed by atoms with Crippen molar-refractivity contribution in [2.24, 2.45) is 0 Å². The summed E-state index contributed by atoms with van der Waals surface area (Å²) in [5.41, 5.74) is 1.33.